The molecule has 1 unspecified atom stereocenters. The van der Waals surface area contributed by atoms with Crippen LogP contribution in [-0.2, 0) is 19.6 Å². The lowest BCUT2D eigenvalue weighted by molar-refractivity contribution is 0.0696. The molecule has 0 radical (unpaired) electrons. The third-order valence-corrected chi connectivity index (χ3v) is 5.25. The van der Waals surface area contributed by atoms with Gasteiger partial charge in [0.1, 0.15) is 0 Å². The number of hydrogen-bond acceptors (Lipinski definition) is 3. The van der Waals surface area contributed by atoms with Crippen LogP contribution in [0.3, 0.4) is 0 Å². The van der Waals surface area contributed by atoms with Crippen molar-refractivity contribution in [1.29, 1.82) is 0 Å². The maximum absolute atomic E-state index is 11.1. The number of hydrogen-bond donors (Lipinski definition) is 2. The van der Waals surface area contributed by atoms with Gasteiger partial charge in [0.25, 0.3) is 0 Å². The van der Waals surface area contributed by atoms with Crippen LogP contribution in [0.25, 0.3) is 0 Å². The van der Waals surface area contributed by atoms with Gasteiger partial charge in [-0.25, -0.2) is 4.79 Å². The molecule has 1 atom stereocenters. The summed E-state index contributed by atoms with van der Waals surface area (Å²) >= 11 is 0. The van der Waals surface area contributed by atoms with Gasteiger partial charge in [-0.2, -0.15) is 0 Å². The zero-order chi connectivity index (χ0) is 18.4. The highest BCUT2D eigenvalue weighted by Gasteiger charge is 2.19. The first kappa shape index (κ1) is 18.6. The van der Waals surface area contributed by atoms with Gasteiger partial charge in [-0.1, -0.05) is 42.8 Å². The average Bonchev–Trinajstić information content (AvgIpc) is 2.65. The summed E-state index contributed by atoms with van der Waals surface area (Å²) in [7, 11) is 0. The smallest absolute Gasteiger partial charge is 0.335 e. The Labute approximate surface area is 155 Å². The van der Waals surface area contributed by atoms with Crippen LogP contribution in [0.2, 0.25) is 0 Å². The molecule has 0 spiro atoms. The van der Waals surface area contributed by atoms with Crippen molar-refractivity contribution in [3.05, 3.63) is 70.8 Å². The summed E-state index contributed by atoms with van der Waals surface area (Å²) in [6.07, 6.45) is 3.93. The van der Waals surface area contributed by atoms with Crippen LogP contribution < -0.4 is 5.32 Å². The predicted molar refractivity (Wildman–Crippen MR) is 104 cm³/mol. The second-order valence-electron chi connectivity index (χ2n) is 7.19. The quantitative estimate of drug-likeness (QED) is 0.789. The molecule has 0 aliphatic carbocycles. The van der Waals surface area contributed by atoms with Gasteiger partial charge in [-0.15, -0.1) is 0 Å². The van der Waals surface area contributed by atoms with Crippen molar-refractivity contribution in [3.8, 4) is 0 Å². The molecule has 0 aromatic heterocycles. The number of benzene rings is 2. The number of carboxylic acids is 1. The summed E-state index contributed by atoms with van der Waals surface area (Å²) < 4.78 is 0. The fourth-order valence-corrected chi connectivity index (χ4v) is 3.65. The van der Waals surface area contributed by atoms with Crippen LogP contribution >= 0.6 is 0 Å². The molecule has 1 aliphatic heterocycles. The van der Waals surface area contributed by atoms with Crippen molar-refractivity contribution in [2.45, 2.75) is 51.9 Å². The number of aromatic carboxylic acids is 1. The lowest BCUT2D eigenvalue weighted by atomic mass is 10.0. The Morgan fingerprint density at radius 1 is 1.12 bits per heavy atom. The van der Waals surface area contributed by atoms with Crippen molar-refractivity contribution in [1.82, 2.24) is 10.2 Å². The summed E-state index contributed by atoms with van der Waals surface area (Å²) in [5.74, 6) is -0.882. The number of nitrogens with one attached hydrogen (secondary N) is 1. The average molecular weight is 352 g/mol. The van der Waals surface area contributed by atoms with Gasteiger partial charge in [0.15, 0.2) is 0 Å². The Kier molecular flexibility index (Phi) is 6.42. The Morgan fingerprint density at radius 2 is 1.92 bits per heavy atom. The summed E-state index contributed by atoms with van der Waals surface area (Å²) in [6.45, 7) is 5.97. The lowest BCUT2D eigenvalue weighted by Crippen LogP contribution is -2.37. The van der Waals surface area contributed by atoms with Crippen LogP contribution in [-0.4, -0.2) is 28.6 Å². The predicted octanol–water partition coefficient (Wildman–Crippen LogP) is 4.05. The van der Waals surface area contributed by atoms with Crippen molar-refractivity contribution < 1.29 is 9.90 Å². The number of nitrogens with zero attached hydrogens (tertiary/aromatic N) is 1. The van der Waals surface area contributed by atoms with E-state index >= 15 is 0 Å². The Bertz CT molecular complexity index is 744. The monoisotopic (exact) mass is 352 g/mol. The summed E-state index contributed by atoms with van der Waals surface area (Å²) in [5, 5.41) is 12.6. The molecule has 1 fully saturated rings. The van der Waals surface area contributed by atoms with Crippen molar-refractivity contribution >= 4 is 5.97 Å². The van der Waals surface area contributed by atoms with Gasteiger partial charge in [0.05, 0.1) is 5.56 Å². The first-order chi connectivity index (χ1) is 12.6. The molecule has 2 aromatic carbocycles. The minimum atomic E-state index is -0.882. The van der Waals surface area contributed by atoms with Crippen molar-refractivity contribution in [2.24, 2.45) is 0 Å². The highest BCUT2D eigenvalue weighted by atomic mass is 16.4. The van der Waals surface area contributed by atoms with Crippen molar-refractivity contribution in [2.75, 3.05) is 6.54 Å². The van der Waals surface area contributed by atoms with E-state index in [2.05, 4.69) is 41.4 Å². The number of piperidine rings is 1. The van der Waals surface area contributed by atoms with Gasteiger partial charge in [0.2, 0.25) is 0 Å². The molecule has 138 valence electrons. The topological polar surface area (TPSA) is 52.6 Å². The number of rotatable bonds is 7. The Morgan fingerprint density at radius 3 is 2.69 bits per heavy atom. The van der Waals surface area contributed by atoms with Gasteiger partial charge in [-0.05, 0) is 55.1 Å². The molecule has 0 saturated carbocycles. The van der Waals surface area contributed by atoms with Crippen LogP contribution in [0.1, 0.15) is 53.2 Å². The van der Waals surface area contributed by atoms with Gasteiger partial charge in [0, 0.05) is 25.7 Å². The normalized spacial score (nSPS) is 18.0. The van der Waals surface area contributed by atoms with E-state index in [1.165, 1.54) is 36.9 Å². The van der Waals surface area contributed by atoms with E-state index in [-0.39, 0.29) is 0 Å². The SMILES string of the molecule is CC1CCCCN1Cc1ccccc1CNCc1cccc(C(=O)O)c1. The number of carboxylic acid groups (broad SMARTS) is 1. The molecule has 3 rings (SSSR count). The molecule has 0 bridgehead atoms. The van der Waals surface area contributed by atoms with E-state index in [0.29, 0.717) is 18.2 Å². The third-order valence-electron chi connectivity index (χ3n) is 5.25. The molecular formula is C22H28N2O2. The number of likely N-dealkylation sites (tertiary alicyclic amines) is 1. The molecule has 4 nitrogen and oxygen atoms in total. The van der Waals surface area contributed by atoms with E-state index < -0.39 is 5.97 Å². The molecule has 1 aliphatic rings. The summed E-state index contributed by atoms with van der Waals surface area (Å²) in [5.41, 5.74) is 4.03. The second kappa shape index (κ2) is 8.97. The molecule has 2 N–H and O–H groups in total. The minimum absolute atomic E-state index is 0.337. The zero-order valence-corrected chi connectivity index (χ0v) is 15.4. The first-order valence-corrected chi connectivity index (χ1v) is 9.47. The standard InChI is InChI=1S/C22H28N2O2/c1-17-7-4-5-12-24(17)16-21-10-3-2-9-20(21)15-23-14-18-8-6-11-19(13-18)22(25)26/h2-3,6,8-11,13,17,23H,4-5,7,12,14-16H2,1H3,(H,25,26). The van der Waals surface area contributed by atoms with E-state index in [1.54, 1.807) is 18.2 Å². The van der Waals surface area contributed by atoms with E-state index in [9.17, 15) is 4.79 Å². The van der Waals surface area contributed by atoms with Gasteiger partial charge < -0.3 is 10.4 Å². The number of carbonyl (C=O) groups is 1. The molecule has 2 aromatic rings. The summed E-state index contributed by atoms with van der Waals surface area (Å²) in [6, 6.07) is 16.4. The highest BCUT2D eigenvalue weighted by molar-refractivity contribution is 5.87. The van der Waals surface area contributed by atoms with Crippen molar-refractivity contribution in [3.63, 3.8) is 0 Å². The lowest BCUT2D eigenvalue weighted by Gasteiger charge is -2.33. The maximum atomic E-state index is 11.1. The second-order valence-corrected chi connectivity index (χ2v) is 7.19. The van der Waals surface area contributed by atoms with E-state index in [4.69, 9.17) is 5.11 Å². The van der Waals surface area contributed by atoms with Gasteiger partial charge >= 0.3 is 5.97 Å². The van der Waals surface area contributed by atoms with Crippen LogP contribution in [0.15, 0.2) is 48.5 Å². The molecule has 1 saturated heterocycles. The summed E-state index contributed by atoms with van der Waals surface area (Å²) in [4.78, 5) is 13.7. The van der Waals surface area contributed by atoms with Crippen LogP contribution in [0.5, 0.6) is 0 Å². The maximum Gasteiger partial charge on any atom is 0.335 e. The Balaban J connectivity index is 1.60. The van der Waals surface area contributed by atoms with E-state index in [1.807, 2.05) is 6.07 Å². The highest BCUT2D eigenvalue weighted by Crippen LogP contribution is 2.21. The van der Waals surface area contributed by atoms with Crippen LogP contribution in [0, 0.1) is 0 Å². The molecule has 4 heteroatoms. The Hall–Kier alpha value is -2.17. The van der Waals surface area contributed by atoms with Gasteiger partial charge in [-0.3, -0.25) is 4.90 Å². The first-order valence-electron chi connectivity index (χ1n) is 9.47. The van der Waals surface area contributed by atoms with Crippen LogP contribution in [0.4, 0.5) is 0 Å². The zero-order valence-electron chi connectivity index (χ0n) is 15.4. The molecule has 0 amide bonds. The molecule has 26 heavy (non-hydrogen) atoms. The largest absolute Gasteiger partial charge is 0.478 e. The molecular weight excluding hydrogens is 324 g/mol. The third kappa shape index (κ3) is 4.93. The molecule has 1 heterocycles. The minimum Gasteiger partial charge on any atom is -0.478 e. The fourth-order valence-electron chi connectivity index (χ4n) is 3.65. The van der Waals surface area contributed by atoms with E-state index in [0.717, 1.165) is 18.7 Å². The fraction of sp³-hybridized carbons (Fsp3) is 0.409.